The predicted molar refractivity (Wildman–Crippen MR) is 325 cm³/mol. The molecule has 0 saturated heterocycles. The minimum absolute atomic E-state index is 0.0728. The van der Waals surface area contributed by atoms with Gasteiger partial charge >= 0.3 is 17.9 Å². The fourth-order valence-electron chi connectivity index (χ4n) is 9.34. The summed E-state index contributed by atoms with van der Waals surface area (Å²) in [5.74, 6) is -0.869. The van der Waals surface area contributed by atoms with Crippen LogP contribution in [0.5, 0.6) is 0 Å². The van der Waals surface area contributed by atoms with Crippen molar-refractivity contribution >= 4 is 17.9 Å². The molecule has 0 aromatic rings. The third kappa shape index (κ3) is 61.6. The van der Waals surface area contributed by atoms with Crippen LogP contribution in [0.1, 0.15) is 329 Å². The van der Waals surface area contributed by atoms with Crippen LogP contribution in [0.25, 0.3) is 0 Å². The second kappa shape index (κ2) is 63.4. The van der Waals surface area contributed by atoms with Gasteiger partial charge in [0.1, 0.15) is 13.2 Å². The number of esters is 3. The van der Waals surface area contributed by atoms with Gasteiger partial charge in [0.05, 0.1) is 0 Å². The maximum absolute atomic E-state index is 12.8. The Kier molecular flexibility index (Phi) is 60.7. The van der Waals surface area contributed by atoms with E-state index in [-0.39, 0.29) is 31.1 Å². The monoisotopic (exact) mass is 1050 g/mol. The Morgan fingerprint density at radius 3 is 0.867 bits per heavy atom. The van der Waals surface area contributed by atoms with Crippen molar-refractivity contribution in [1.29, 1.82) is 0 Å². The first-order valence-electron chi connectivity index (χ1n) is 32.4. The molecule has 434 valence electrons. The van der Waals surface area contributed by atoms with Gasteiger partial charge in [-0.15, -0.1) is 0 Å². The summed E-state index contributed by atoms with van der Waals surface area (Å²) in [5.41, 5.74) is 0. The van der Waals surface area contributed by atoms with E-state index in [0.717, 1.165) is 103 Å². The van der Waals surface area contributed by atoms with Crippen LogP contribution >= 0.6 is 0 Å². The van der Waals surface area contributed by atoms with E-state index >= 15 is 0 Å². The van der Waals surface area contributed by atoms with Crippen molar-refractivity contribution in [1.82, 2.24) is 0 Å². The zero-order chi connectivity index (χ0) is 54.3. The molecule has 0 radical (unpaired) electrons. The van der Waals surface area contributed by atoms with Gasteiger partial charge in [-0.1, -0.05) is 299 Å². The SMILES string of the molecule is CC/C=C\C/C=C\C/C=C\C/C=C\C/C=C\CCCCCCCCCCCCCCCCCCCCCC(=O)OCC(COC(=O)CCCCCCCCCCCCC)OC(=O)CCCCCCC/C=C\CCCC. The van der Waals surface area contributed by atoms with E-state index < -0.39 is 6.10 Å². The molecular weight excluding hydrogens is 925 g/mol. The first-order valence-corrected chi connectivity index (χ1v) is 32.4. The quantitative estimate of drug-likeness (QED) is 0.0261. The number of hydrogen-bond donors (Lipinski definition) is 0. The number of ether oxygens (including phenoxy) is 3. The van der Waals surface area contributed by atoms with Crippen LogP contribution in [0.3, 0.4) is 0 Å². The lowest BCUT2D eigenvalue weighted by atomic mass is 10.0. The lowest BCUT2D eigenvalue weighted by Gasteiger charge is -2.18. The van der Waals surface area contributed by atoms with Crippen molar-refractivity contribution in [2.24, 2.45) is 0 Å². The standard InChI is InChI=1S/C69H122O6/c1-4-7-10-13-16-19-22-23-24-25-26-27-28-29-30-31-32-33-34-35-36-37-38-39-40-41-42-43-44-45-48-50-53-56-59-62-68(71)74-65-66(75-69(72)63-60-57-54-51-47-21-18-15-12-9-6-3)64-73-67(70)61-58-55-52-49-46-20-17-14-11-8-5-2/h7,10,15-16,18-19,23-24,26-27,29-30,66H,4-6,8-9,11-14,17,20-22,25,28,31-65H2,1-3H3/b10-7-,18-15-,19-16-,24-23-,27-26-,30-29-. The maximum atomic E-state index is 12.8. The molecule has 0 aliphatic carbocycles. The fourth-order valence-corrected chi connectivity index (χ4v) is 9.34. The Hall–Kier alpha value is -3.15. The van der Waals surface area contributed by atoms with Crippen molar-refractivity contribution in [3.63, 3.8) is 0 Å². The molecule has 6 nitrogen and oxygen atoms in total. The van der Waals surface area contributed by atoms with Crippen LogP contribution < -0.4 is 0 Å². The summed E-state index contributed by atoms with van der Waals surface area (Å²) in [7, 11) is 0. The van der Waals surface area contributed by atoms with Gasteiger partial charge in [0.15, 0.2) is 6.10 Å². The smallest absolute Gasteiger partial charge is 0.306 e. The topological polar surface area (TPSA) is 78.9 Å². The van der Waals surface area contributed by atoms with Gasteiger partial charge in [-0.25, -0.2) is 0 Å². The zero-order valence-electron chi connectivity index (χ0n) is 49.8. The molecule has 0 saturated carbocycles. The molecule has 1 unspecified atom stereocenters. The van der Waals surface area contributed by atoms with Crippen LogP contribution in [0.4, 0.5) is 0 Å². The van der Waals surface area contributed by atoms with Gasteiger partial charge in [-0.3, -0.25) is 14.4 Å². The Balaban J connectivity index is 3.99. The van der Waals surface area contributed by atoms with Crippen molar-refractivity contribution in [3.8, 4) is 0 Å². The highest BCUT2D eigenvalue weighted by Crippen LogP contribution is 2.17. The largest absolute Gasteiger partial charge is 0.462 e. The molecule has 0 bridgehead atoms. The summed E-state index contributed by atoms with van der Waals surface area (Å²) in [4.78, 5) is 38.1. The lowest BCUT2D eigenvalue weighted by Crippen LogP contribution is -2.30. The van der Waals surface area contributed by atoms with Crippen LogP contribution in [-0.2, 0) is 28.6 Å². The summed E-state index contributed by atoms with van der Waals surface area (Å²) in [6, 6.07) is 0. The van der Waals surface area contributed by atoms with Crippen molar-refractivity contribution in [3.05, 3.63) is 72.9 Å². The number of hydrogen-bond acceptors (Lipinski definition) is 6. The van der Waals surface area contributed by atoms with Gasteiger partial charge in [0, 0.05) is 19.3 Å². The van der Waals surface area contributed by atoms with Gasteiger partial charge in [-0.2, -0.15) is 0 Å². The van der Waals surface area contributed by atoms with E-state index in [1.807, 2.05) is 0 Å². The molecule has 0 aliphatic rings. The van der Waals surface area contributed by atoms with E-state index in [0.29, 0.717) is 19.3 Å². The van der Waals surface area contributed by atoms with Crippen molar-refractivity contribution in [2.45, 2.75) is 335 Å². The van der Waals surface area contributed by atoms with E-state index in [4.69, 9.17) is 14.2 Å². The molecular formula is C69H122O6. The molecule has 75 heavy (non-hydrogen) atoms. The highest BCUT2D eigenvalue weighted by molar-refractivity contribution is 5.71. The molecule has 0 aliphatic heterocycles. The Labute approximate surface area is 465 Å². The summed E-state index contributed by atoms with van der Waals surface area (Å²) < 4.78 is 16.8. The van der Waals surface area contributed by atoms with Gasteiger partial charge in [0.2, 0.25) is 0 Å². The number of rotatable bonds is 59. The Morgan fingerprint density at radius 2 is 0.533 bits per heavy atom. The molecule has 0 spiro atoms. The van der Waals surface area contributed by atoms with Gasteiger partial charge in [-0.05, 0) is 83.5 Å². The first-order chi connectivity index (χ1) is 37.0. The Bertz CT molecular complexity index is 1390. The minimum Gasteiger partial charge on any atom is -0.462 e. The summed E-state index contributed by atoms with van der Waals surface area (Å²) in [5, 5.41) is 0. The molecule has 0 N–H and O–H groups in total. The minimum atomic E-state index is -0.773. The molecule has 1 atom stereocenters. The zero-order valence-corrected chi connectivity index (χ0v) is 49.8. The van der Waals surface area contributed by atoms with Crippen molar-refractivity contribution < 1.29 is 28.6 Å². The average Bonchev–Trinajstić information content (AvgIpc) is 3.41. The first kappa shape index (κ1) is 71.8. The lowest BCUT2D eigenvalue weighted by molar-refractivity contribution is -0.167. The summed E-state index contributed by atoms with van der Waals surface area (Å²) in [6.07, 6.45) is 82.3. The normalized spacial score (nSPS) is 12.5. The van der Waals surface area contributed by atoms with Crippen molar-refractivity contribution in [2.75, 3.05) is 13.2 Å². The maximum Gasteiger partial charge on any atom is 0.306 e. The van der Waals surface area contributed by atoms with Gasteiger partial charge < -0.3 is 14.2 Å². The molecule has 0 rings (SSSR count). The molecule has 0 aromatic heterocycles. The number of unbranched alkanes of at least 4 members (excludes halogenated alkanes) is 36. The second-order valence-electron chi connectivity index (χ2n) is 21.6. The van der Waals surface area contributed by atoms with E-state index in [2.05, 4.69) is 93.7 Å². The third-order valence-electron chi connectivity index (χ3n) is 14.2. The number of allylic oxidation sites excluding steroid dienone is 12. The highest BCUT2D eigenvalue weighted by atomic mass is 16.6. The van der Waals surface area contributed by atoms with Crippen LogP contribution in [0, 0.1) is 0 Å². The highest BCUT2D eigenvalue weighted by Gasteiger charge is 2.19. The fraction of sp³-hybridized carbons (Fsp3) is 0.783. The summed E-state index contributed by atoms with van der Waals surface area (Å²) in [6.45, 7) is 6.50. The van der Waals surface area contributed by atoms with Gasteiger partial charge in [0.25, 0.3) is 0 Å². The van der Waals surface area contributed by atoms with E-state index in [1.165, 1.54) is 186 Å². The predicted octanol–water partition coefficient (Wildman–Crippen LogP) is 22.1. The Morgan fingerprint density at radius 1 is 0.280 bits per heavy atom. The van der Waals surface area contributed by atoms with E-state index in [1.54, 1.807) is 0 Å². The van der Waals surface area contributed by atoms with Crippen LogP contribution in [-0.4, -0.2) is 37.2 Å². The molecule has 6 heteroatoms. The molecule has 0 fully saturated rings. The number of carbonyl (C=O) groups excluding carboxylic acids is 3. The molecule has 0 amide bonds. The average molecular weight is 1050 g/mol. The third-order valence-corrected chi connectivity index (χ3v) is 14.2. The van der Waals surface area contributed by atoms with Crippen LogP contribution in [0.2, 0.25) is 0 Å². The molecule has 0 aromatic carbocycles. The second-order valence-corrected chi connectivity index (χ2v) is 21.6. The summed E-state index contributed by atoms with van der Waals surface area (Å²) >= 11 is 0. The van der Waals surface area contributed by atoms with E-state index in [9.17, 15) is 14.4 Å². The molecule has 0 heterocycles. The van der Waals surface area contributed by atoms with Crippen LogP contribution in [0.15, 0.2) is 72.9 Å². The number of carbonyl (C=O) groups is 3.